The van der Waals surface area contributed by atoms with Gasteiger partial charge in [-0.2, -0.15) is 5.26 Å². The summed E-state index contributed by atoms with van der Waals surface area (Å²) >= 11 is 0. The number of sulfone groups is 1. The number of nitrogens with zero attached hydrogens (tertiary/aromatic N) is 3. The third-order valence-corrected chi connectivity index (χ3v) is 8.29. The average molecular weight is 590 g/mol. The van der Waals surface area contributed by atoms with E-state index >= 15 is 0 Å². The Bertz CT molecular complexity index is 1700. The minimum Gasteiger partial charge on any atom is -0.341 e. The van der Waals surface area contributed by atoms with Crippen LogP contribution in [0.3, 0.4) is 0 Å². The highest BCUT2D eigenvalue weighted by Crippen LogP contribution is 2.38. The molecular weight excluding hydrogens is 554 g/mol. The number of nitrogens with one attached hydrogen (secondary N) is 2. The number of rotatable bonds is 8. The van der Waals surface area contributed by atoms with E-state index in [0.29, 0.717) is 12.2 Å². The van der Waals surface area contributed by atoms with Crippen LogP contribution in [0.4, 0.5) is 11.4 Å². The van der Waals surface area contributed by atoms with Crippen molar-refractivity contribution in [3.05, 3.63) is 71.3 Å². The van der Waals surface area contributed by atoms with Crippen molar-refractivity contribution in [3.63, 3.8) is 0 Å². The van der Waals surface area contributed by atoms with E-state index < -0.39 is 51.4 Å². The molecule has 0 bridgehead atoms. The number of carbonyl (C=O) groups is 3. The number of aryl methyl sites for hydroxylation is 1. The van der Waals surface area contributed by atoms with Crippen LogP contribution in [0.1, 0.15) is 37.5 Å². The van der Waals surface area contributed by atoms with Crippen LogP contribution in [-0.2, 0) is 30.8 Å². The first-order valence-electron chi connectivity index (χ1n) is 13.7. The van der Waals surface area contributed by atoms with E-state index in [-0.39, 0.29) is 17.8 Å². The van der Waals surface area contributed by atoms with E-state index in [1.807, 2.05) is 50.2 Å². The van der Waals surface area contributed by atoms with Gasteiger partial charge in [0.15, 0.2) is 9.84 Å². The van der Waals surface area contributed by atoms with Crippen molar-refractivity contribution in [2.24, 2.45) is 0 Å². The van der Waals surface area contributed by atoms with Crippen LogP contribution in [-0.4, -0.2) is 62.8 Å². The maximum Gasteiger partial charge on any atom is 0.252 e. The molecule has 3 amide bonds. The van der Waals surface area contributed by atoms with Gasteiger partial charge in [0, 0.05) is 6.26 Å². The molecule has 0 fully saturated rings. The van der Waals surface area contributed by atoms with Crippen molar-refractivity contribution < 1.29 is 22.8 Å². The summed E-state index contributed by atoms with van der Waals surface area (Å²) in [7, 11) is -3.75. The molecule has 0 radical (unpaired) electrons. The zero-order chi connectivity index (χ0) is 30.8. The van der Waals surface area contributed by atoms with Crippen LogP contribution in [0.25, 0.3) is 10.8 Å². The molecule has 3 aromatic carbocycles. The van der Waals surface area contributed by atoms with Crippen molar-refractivity contribution in [1.82, 2.24) is 10.6 Å². The van der Waals surface area contributed by atoms with Gasteiger partial charge >= 0.3 is 0 Å². The molecule has 42 heavy (non-hydrogen) atoms. The zero-order valence-electron chi connectivity index (χ0n) is 24.3. The number of benzene rings is 3. The number of carbonyl (C=O) groups excluding carboxylic acids is 3. The first kappa shape index (κ1) is 30.7. The molecule has 0 aliphatic carbocycles. The second-order valence-corrected chi connectivity index (χ2v) is 12.8. The molecule has 10 nitrogen and oxygen atoms in total. The summed E-state index contributed by atoms with van der Waals surface area (Å²) in [5, 5.41) is 17.5. The number of amides is 3. The summed E-state index contributed by atoms with van der Waals surface area (Å²) in [6, 6.07) is 15.6. The molecule has 0 aromatic heterocycles. The number of hydrogen-bond acceptors (Lipinski definition) is 7. The van der Waals surface area contributed by atoms with E-state index in [1.165, 1.54) is 15.9 Å². The Hall–Kier alpha value is -4.27. The largest absolute Gasteiger partial charge is 0.341 e. The quantitative estimate of drug-likeness (QED) is 0.412. The van der Waals surface area contributed by atoms with E-state index in [4.69, 9.17) is 0 Å². The van der Waals surface area contributed by atoms with Crippen molar-refractivity contribution in [3.8, 4) is 6.07 Å². The molecule has 0 saturated heterocycles. The van der Waals surface area contributed by atoms with Crippen LogP contribution in [0.2, 0.25) is 0 Å². The molecule has 1 aliphatic rings. The van der Waals surface area contributed by atoms with Gasteiger partial charge < -0.3 is 20.4 Å². The molecule has 1 aliphatic heterocycles. The van der Waals surface area contributed by atoms with Crippen molar-refractivity contribution in [1.29, 1.82) is 5.26 Å². The fourth-order valence-corrected chi connectivity index (χ4v) is 5.95. The predicted octanol–water partition coefficient (Wildman–Crippen LogP) is 2.82. The van der Waals surface area contributed by atoms with Crippen molar-refractivity contribution in [2.45, 2.75) is 52.4 Å². The molecular formula is C31H35N5O5S. The van der Waals surface area contributed by atoms with Crippen LogP contribution >= 0.6 is 0 Å². The van der Waals surface area contributed by atoms with Gasteiger partial charge in [-0.25, -0.2) is 8.42 Å². The number of nitriles is 1. The molecule has 1 heterocycles. The van der Waals surface area contributed by atoms with Crippen molar-refractivity contribution >= 4 is 49.7 Å². The Labute approximate surface area is 246 Å². The Morgan fingerprint density at radius 2 is 1.81 bits per heavy atom. The number of hydrogen-bond donors (Lipinski definition) is 2. The minimum absolute atomic E-state index is 0.112. The third-order valence-electron chi connectivity index (χ3n) is 7.52. The van der Waals surface area contributed by atoms with Gasteiger partial charge in [-0.15, -0.1) is 0 Å². The summed E-state index contributed by atoms with van der Waals surface area (Å²) in [6.45, 7) is 7.70. The average Bonchev–Trinajstić information content (AvgIpc) is 3.01. The standard InChI is InChI=1S/C31H35N5O5S/c1-6-33-20(3)30(38)34-29-21(4)36(28(37)18-42(5,40)41)27-15-22(16-32)12-14-26(27)35(31(29)39)17-25-19(2)11-13-23-9-7-8-10-24(23)25/h7-15,20-21,29,33H,6,17-18H2,1-5H3,(H,34,38). The SMILES string of the molecule is CCNC(C)C(=O)NC1C(=O)N(Cc2c(C)ccc3ccccc23)c2ccc(C#N)cc2N(C(=O)CS(C)(=O)=O)C1C. The fraction of sp³-hybridized carbons (Fsp3) is 0.355. The molecule has 3 aromatic rings. The lowest BCUT2D eigenvalue weighted by molar-refractivity contribution is -0.129. The first-order valence-corrected chi connectivity index (χ1v) is 15.8. The second kappa shape index (κ2) is 12.3. The third kappa shape index (κ3) is 6.30. The fourth-order valence-electron chi connectivity index (χ4n) is 5.37. The second-order valence-electron chi connectivity index (χ2n) is 10.7. The molecule has 3 unspecified atom stereocenters. The number of anilines is 2. The van der Waals surface area contributed by atoms with E-state index in [2.05, 4.69) is 16.7 Å². The minimum atomic E-state index is -3.75. The summed E-state index contributed by atoms with van der Waals surface area (Å²) in [4.78, 5) is 44.0. The maximum absolute atomic E-state index is 14.5. The summed E-state index contributed by atoms with van der Waals surface area (Å²) in [6.07, 6.45) is 0.956. The zero-order valence-corrected chi connectivity index (χ0v) is 25.2. The highest BCUT2D eigenvalue weighted by atomic mass is 32.2. The Kier molecular flexibility index (Phi) is 8.99. The molecule has 220 valence electrons. The van der Waals surface area contributed by atoms with Crippen molar-refractivity contribution in [2.75, 3.05) is 28.4 Å². The van der Waals surface area contributed by atoms with E-state index in [0.717, 1.165) is 28.2 Å². The van der Waals surface area contributed by atoms with Gasteiger partial charge in [-0.3, -0.25) is 14.4 Å². The smallest absolute Gasteiger partial charge is 0.252 e. The van der Waals surface area contributed by atoms with Crippen LogP contribution in [0, 0.1) is 18.3 Å². The first-order chi connectivity index (χ1) is 19.9. The highest BCUT2D eigenvalue weighted by Gasteiger charge is 2.43. The lowest BCUT2D eigenvalue weighted by Crippen LogP contribution is -2.60. The molecule has 0 saturated carbocycles. The lowest BCUT2D eigenvalue weighted by Gasteiger charge is -2.32. The molecule has 3 atom stereocenters. The summed E-state index contributed by atoms with van der Waals surface area (Å²) < 4.78 is 24.4. The van der Waals surface area contributed by atoms with Gasteiger partial charge in [0.25, 0.3) is 5.91 Å². The number of fused-ring (bicyclic) bond motifs is 2. The van der Waals surface area contributed by atoms with Crippen LogP contribution in [0.5, 0.6) is 0 Å². The maximum atomic E-state index is 14.5. The predicted molar refractivity (Wildman–Crippen MR) is 163 cm³/mol. The van der Waals surface area contributed by atoms with Crippen LogP contribution in [0.15, 0.2) is 54.6 Å². The van der Waals surface area contributed by atoms with E-state index in [1.54, 1.807) is 26.0 Å². The highest BCUT2D eigenvalue weighted by molar-refractivity contribution is 7.91. The summed E-state index contributed by atoms with van der Waals surface area (Å²) in [5.41, 5.74) is 2.61. The number of likely N-dealkylation sites (N-methyl/N-ethyl adjacent to an activating group) is 1. The Morgan fingerprint density at radius 1 is 1.10 bits per heavy atom. The lowest BCUT2D eigenvalue weighted by atomic mass is 9.98. The van der Waals surface area contributed by atoms with E-state index in [9.17, 15) is 28.1 Å². The monoisotopic (exact) mass is 589 g/mol. The topological polar surface area (TPSA) is 140 Å². The molecule has 0 spiro atoms. The van der Waals surface area contributed by atoms with Gasteiger partial charge in [0.05, 0.1) is 41.6 Å². The van der Waals surface area contributed by atoms with Gasteiger partial charge in [-0.1, -0.05) is 43.3 Å². The summed E-state index contributed by atoms with van der Waals surface area (Å²) in [5.74, 6) is -2.48. The van der Waals surface area contributed by atoms with Gasteiger partial charge in [-0.05, 0) is 67.4 Å². The van der Waals surface area contributed by atoms with Gasteiger partial charge in [0.1, 0.15) is 11.8 Å². The Morgan fingerprint density at radius 3 is 2.48 bits per heavy atom. The molecule has 2 N–H and O–H groups in total. The van der Waals surface area contributed by atoms with Crippen LogP contribution < -0.4 is 20.4 Å². The molecule has 11 heteroatoms. The van der Waals surface area contributed by atoms with Gasteiger partial charge in [0.2, 0.25) is 11.8 Å². The molecule has 4 rings (SSSR count). The Balaban J connectivity index is 1.94. The normalized spacial score (nSPS) is 17.8.